The Balaban J connectivity index is 1.62. The number of hydrogen-bond acceptors (Lipinski definition) is 8. The van der Waals surface area contributed by atoms with Gasteiger partial charge in [0.2, 0.25) is 0 Å². The molecule has 192 valence electrons. The summed E-state index contributed by atoms with van der Waals surface area (Å²) in [5.41, 5.74) is -1.79. The van der Waals surface area contributed by atoms with Gasteiger partial charge in [0, 0.05) is 19.2 Å². The highest BCUT2D eigenvalue weighted by molar-refractivity contribution is 7.94. The van der Waals surface area contributed by atoms with Crippen molar-refractivity contribution in [3.63, 3.8) is 0 Å². The lowest BCUT2D eigenvalue weighted by Gasteiger charge is -2.19. The molecule has 0 amide bonds. The molecule has 1 aromatic heterocycles. The molecule has 1 aliphatic heterocycles. The monoisotopic (exact) mass is 543 g/mol. The predicted octanol–water partition coefficient (Wildman–Crippen LogP) is 5.35. The van der Waals surface area contributed by atoms with Crippen molar-refractivity contribution in [2.75, 3.05) is 24.9 Å². The summed E-state index contributed by atoms with van der Waals surface area (Å²) in [7, 11) is -2.59. The van der Waals surface area contributed by atoms with E-state index >= 15 is 0 Å². The van der Waals surface area contributed by atoms with E-state index in [2.05, 4.69) is 4.72 Å². The number of likely N-dealkylation sites (tertiary alicyclic amines) is 1. The van der Waals surface area contributed by atoms with Crippen LogP contribution in [0.25, 0.3) is 0 Å². The van der Waals surface area contributed by atoms with Crippen molar-refractivity contribution in [1.82, 2.24) is 4.90 Å². The summed E-state index contributed by atoms with van der Waals surface area (Å²) in [6.45, 7) is 1.08. The zero-order chi connectivity index (χ0) is 26.1. The molecule has 9 nitrogen and oxygen atoms in total. The number of nitrogens with one attached hydrogen (secondary N) is 1. The SMILES string of the molecule is CN1CC[C@@H](Oc2cc(NS(=O)(=O)c3cc([N+](=O)[O-])c(Oc4ccccc4)s3)ccc2C(F)(F)F)C1. The second kappa shape index (κ2) is 9.95. The second-order valence-electron chi connectivity index (χ2n) is 8.02. The van der Waals surface area contributed by atoms with Crippen LogP contribution in [-0.2, 0) is 16.2 Å². The van der Waals surface area contributed by atoms with E-state index in [1.165, 1.54) is 0 Å². The highest BCUT2D eigenvalue weighted by Crippen LogP contribution is 2.43. The third kappa shape index (κ3) is 5.88. The van der Waals surface area contributed by atoms with E-state index in [1.54, 1.807) is 30.3 Å². The number of halogens is 3. The van der Waals surface area contributed by atoms with Crippen molar-refractivity contribution < 1.29 is 36.0 Å². The molecule has 1 atom stereocenters. The molecule has 2 aromatic carbocycles. The van der Waals surface area contributed by atoms with E-state index in [0.717, 1.165) is 24.3 Å². The molecule has 1 fully saturated rings. The maximum absolute atomic E-state index is 13.5. The average molecular weight is 544 g/mol. The number of benzene rings is 2. The molecule has 36 heavy (non-hydrogen) atoms. The number of para-hydroxylation sites is 1. The van der Waals surface area contributed by atoms with Gasteiger partial charge in [-0.05, 0) is 37.7 Å². The Bertz CT molecular complexity index is 1360. The van der Waals surface area contributed by atoms with Crippen LogP contribution in [0.3, 0.4) is 0 Å². The minimum Gasteiger partial charge on any atom is -0.488 e. The van der Waals surface area contributed by atoms with E-state index in [-0.39, 0.29) is 16.5 Å². The second-order valence-corrected chi connectivity index (χ2v) is 10.9. The first kappa shape index (κ1) is 25.7. The first-order chi connectivity index (χ1) is 16.9. The summed E-state index contributed by atoms with van der Waals surface area (Å²) in [5, 5.41) is 11.2. The molecule has 2 heterocycles. The van der Waals surface area contributed by atoms with Gasteiger partial charge in [-0.1, -0.05) is 29.5 Å². The van der Waals surface area contributed by atoms with E-state index in [4.69, 9.17) is 9.47 Å². The van der Waals surface area contributed by atoms with Crippen molar-refractivity contribution in [3.05, 3.63) is 70.3 Å². The maximum atomic E-state index is 13.5. The number of hydrogen-bond donors (Lipinski definition) is 1. The fourth-order valence-electron chi connectivity index (χ4n) is 3.57. The van der Waals surface area contributed by atoms with Gasteiger partial charge in [-0.15, -0.1) is 0 Å². The van der Waals surface area contributed by atoms with Gasteiger partial charge < -0.3 is 14.4 Å². The number of rotatable bonds is 8. The van der Waals surface area contributed by atoms with Crippen LogP contribution >= 0.6 is 11.3 Å². The lowest BCUT2D eigenvalue weighted by atomic mass is 10.1. The van der Waals surface area contributed by atoms with Gasteiger partial charge in [0.1, 0.15) is 17.6 Å². The Hall–Kier alpha value is -3.36. The molecule has 1 aliphatic rings. The van der Waals surface area contributed by atoms with Crippen molar-refractivity contribution >= 4 is 32.7 Å². The summed E-state index contributed by atoms with van der Waals surface area (Å²) in [6.07, 6.45) is -4.68. The minimum atomic E-state index is -4.71. The summed E-state index contributed by atoms with van der Waals surface area (Å²) in [6, 6.07) is 11.6. The first-order valence-electron chi connectivity index (χ1n) is 10.5. The van der Waals surface area contributed by atoms with E-state index < -0.39 is 48.4 Å². The molecule has 0 unspecified atom stereocenters. The number of nitro groups is 1. The summed E-state index contributed by atoms with van der Waals surface area (Å²) >= 11 is 0.516. The highest BCUT2D eigenvalue weighted by atomic mass is 32.2. The van der Waals surface area contributed by atoms with E-state index in [1.807, 2.05) is 11.9 Å². The van der Waals surface area contributed by atoms with Gasteiger partial charge in [-0.25, -0.2) is 8.42 Å². The largest absolute Gasteiger partial charge is 0.488 e. The van der Waals surface area contributed by atoms with Gasteiger partial charge in [0.15, 0.2) is 4.21 Å². The van der Waals surface area contributed by atoms with Gasteiger partial charge >= 0.3 is 11.9 Å². The molecule has 1 N–H and O–H groups in total. The van der Waals surface area contributed by atoms with Gasteiger partial charge in [-0.2, -0.15) is 13.2 Å². The molecular weight excluding hydrogens is 523 g/mol. The van der Waals surface area contributed by atoms with E-state index in [0.29, 0.717) is 30.8 Å². The molecule has 3 aromatic rings. The number of anilines is 1. The molecule has 1 saturated heterocycles. The van der Waals surface area contributed by atoms with Gasteiger partial charge in [-0.3, -0.25) is 14.8 Å². The number of thiophene rings is 1. The predicted molar refractivity (Wildman–Crippen MR) is 126 cm³/mol. The molecule has 14 heteroatoms. The number of ether oxygens (including phenoxy) is 2. The molecule has 4 rings (SSSR count). The average Bonchev–Trinajstić information content (AvgIpc) is 3.40. The van der Waals surface area contributed by atoms with Crippen molar-refractivity contribution in [2.24, 2.45) is 0 Å². The third-order valence-corrected chi connectivity index (χ3v) is 8.11. The fourth-order valence-corrected chi connectivity index (χ4v) is 5.89. The highest BCUT2D eigenvalue weighted by Gasteiger charge is 2.36. The molecule has 0 spiro atoms. The zero-order valence-electron chi connectivity index (χ0n) is 18.7. The summed E-state index contributed by atoms with van der Waals surface area (Å²) < 4.78 is 79.3. The van der Waals surface area contributed by atoms with Crippen LogP contribution in [0.5, 0.6) is 16.6 Å². The number of likely N-dealkylation sites (N-methyl/N-ethyl adjacent to an activating group) is 1. The van der Waals surface area contributed by atoms with Gasteiger partial charge in [0.25, 0.3) is 15.1 Å². The van der Waals surface area contributed by atoms with Gasteiger partial charge in [0.05, 0.1) is 22.2 Å². The quantitative estimate of drug-likeness (QED) is 0.301. The van der Waals surface area contributed by atoms with Crippen LogP contribution in [0.2, 0.25) is 0 Å². The Morgan fingerprint density at radius 1 is 1.17 bits per heavy atom. The lowest BCUT2D eigenvalue weighted by molar-refractivity contribution is -0.385. The van der Waals surface area contributed by atoms with Crippen LogP contribution in [0.1, 0.15) is 12.0 Å². The smallest absolute Gasteiger partial charge is 0.419 e. The molecule has 0 bridgehead atoms. The van der Waals surface area contributed by atoms with Crippen LogP contribution in [-0.4, -0.2) is 44.5 Å². The van der Waals surface area contributed by atoms with Crippen molar-refractivity contribution in [1.29, 1.82) is 0 Å². The Kier molecular flexibility index (Phi) is 7.11. The van der Waals surface area contributed by atoms with Crippen molar-refractivity contribution in [2.45, 2.75) is 22.9 Å². The third-order valence-electron chi connectivity index (χ3n) is 5.25. The Morgan fingerprint density at radius 3 is 2.50 bits per heavy atom. The zero-order valence-corrected chi connectivity index (χ0v) is 20.3. The normalized spacial score (nSPS) is 16.6. The number of nitrogens with zero attached hydrogens (tertiary/aromatic N) is 2. The van der Waals surface area contributed by atoms with Crippen LogP contribution in [0.15, 0.2) is 58.8 Å². The Labute approximate surface area is 208 Å². The van der Waals surface area contributed by atoms with Crippen LogP contribution in [0.4, 0.5) is 24.5 Å². The number of alkyl halides is 3. The number of sulfonamides is 1. The standard InChI is InChI=1S/C22H20F3N3O6S2/c1-27-10-9-16(13-27)33-19-11-14(7-8-17(19)22(23,24)25)26-36(31,32)20-12-18(28(29)30)21(35-20)34-15-5-3-2-4-6-15/h2-8,11-12,16,26H,9-10,13H2,1H3/t16-/m1/s1. The topological polar surface area (TPSA) is 111 Å². The fraction of sp³-hybridized carbons (Fsp3) is 0.273. The van der Waals surface area contributed by atoms with Crippen LogP contribution in [0, 0.1) is 10.1 Å². The maximum Gasteiger partial charge on any atom is 0.419 e. The Morgan fingerprint density at radius 2 is 1.89 bits per heavy atom. The lowest BCUT2D eigenvalue weighted by Crippen LogP contribution is -2.23. The first-order valence-corrected chi connectivity index (χ1v) is 12.8. The molecular formula is C22H20F3N3O6S2. The summed E-state index contributed by atoms with van der Waals surface area (Å²) in [5.74, 6) is -0.241. The summed E-state index contributed by atoms with van der Waals surface area (Å²) in [4.78, 5) is 12.6. The van der Waals surface area contributed by atoms with E-state index in [9.17, 15) is 31.7 Å². The molecule has 0 saturated carbocycles. The molecule has 0 aliphatic carbocycles. The van der Waals surface area contributed by atoms with Crippen molar-refractivity contribution in [3.8, 4) is 16.6 Å². The van der Waals surface area contributed by atoms with Crippen LogP contribution < -0.4 is 14.2 Å². The minimum absolute atomic E-state index is 0.189. The molecule has 0 radical (unpaired) electrons.